The van der Waals surface area contributed by atoms with Gasteiger partial charge in [-0.25, -0.2) is 9.98 Å². The van der Waals surface area contributed by atoms with Gasteiger partial charge in [-0.2, -0.15) is 16.8 Å². The Hall–Kier alpha value is -3.14. The topological polar surface area (TPSA) is 204 Å². The minimum absolute atomic E-state index is 0.0456. The summed E-state index contributed by atoms with van der Waals surface area (Å²) < 4.78 is 78.0. The molecule has 12 nitrogen and oxygen atoms in total. The van der Waals surface area contributed by atoms with Crippen LogP contribution in [0.2, 0.25) is 10.0 Å². The van der Waals surface area contributed by atoms with Gasteiger partial charge in [-0.1, -0.05) is 23.2 Å². The molecule has 0 fully saturated rings. The molecule has 6 N–H and O–H groups in total. The Morgan fingerprint density at radius 1 is 0.765 bits per heavy atom. The fraction of sp³-hybridized carbons (Fsp3) is 0. The monoisotopic (exact) mass is 544 g/mol. The van der Waals surface area contributed by atoms with Gasteiger partial charge in [0, 0.05) is 5.69 Å². The molecule has 2 heterocycles. The molecule has 2 aliphatic rings. The molecule has 0 spiro atoms. The second-order valence-corrected chi connectivity index (χ2v) is 10.6. The van der Waals surface area contributed by atoms with Gasteiger partial charge >= 0.3 is 0 Å². The number of anilines is 2. The normalized spacial score (nSPS) is 13.8. The second kappa shape index (κ2) is 7.18. The van der Waals surface area contributed by atoms with Crippen LogP contribution in [0.3, 0.4) is 0 Å². The maximum atomic E-state index is 11.9. The van der Waals surface area contributed by atoms with Gasteiger partial charge in [0.1, 0.15) is 37.0 Å². The molecule has 0 saturated carbocycles. The van der Waals surface area contributed by atoms with Crippen molar-refractivity contribution < 1.29 is 35.4 Å². The number of benzene rings is 3. The quantitative estimate of drug-likeness (QED) is 0.189. The van der Waals surface area contributed by atoms with Crippen molar-refractivity contribution >= 4 is 66.2 Å². The van der Waals surface area contributed by atoms with Crippen molar-refractivity contribution in [3.05, 3.63) is 45.0 Å². The van der Waals surface area contributed by atoms with Gasteiger partial charge in [-0.3, -0.25) is 9.11 Å². The molecule has 2 aliphatic heterocycles. The van der Waals surface area contributed by atoms with Gasteiger partial charge in [0.15, 0.2) is 27.9 Å². The molecule has 0 amide bonds. The lowest BCUT2D eigenvalue weighted by molar-refractivity contribution is 0.428. The third-order valence-electron chi connectivity index (χ3n) is 4.83. The summed E-state index contributed by atoms with van der Waals surface area (Å²) in [5.74, 6) is -1.15. The number of fused-ring (bicyclic) bond motifs is 4. The largest absolute Gasteiger partial charge is 0.450 e. The van der Waals surface area contributed by atoms with E-state index in [4.69, 9.17) is 44.1 Å². The first-order valence-electron chi connectivity index (χ1n) is 8.92. The highest BCUT2D eigenvalue weighted by molar-refractivity contribution is 7.86. The summed E-state index contributed by atoms with van der Waals surface area (Å²) in [7, 11) is -9.56. The molecule has 34 heavy (non-hydrogen) atoms. The number of hydrogen-bond donors (Lipinski definition) is 4. The van der Waals surface area contributed by atoms with Crippen LogP contribution in [0.5, 0.6) is 23.0 Å². The number of nitrogens with two attached hydrogens (primary N) is 2. The first-order valence-corrected chi connectivity index (χ1v) is 12.6. The van der Waals surface area contributed by atoms with Gasteiger partial charge in [0.05, 0.1) is 5.69 Å². The smallest absolute Gasteiger partial charge is 0.300 e. The molecule has 0 atom stereocenters. The average molecular weight is 545 g/mol. The summed E-state index contributed by atoms with van der Waals surface area (Å²) in [6.45, 7) is 0. The van der Waals surface area contributed by atoms with E-state index in [0.29, 0.717) is 0 Å². The Morgan fingerprint density at radius 2 is 1.32 bits per heavy atom. The zero-order chi connectivity index (χ0) is 24.7. The van der Waals surface area contributed by atoms with Gasteiger partial charge in [0.25, 0.3) is 20.2 Å². The SMILES string of the molecule is Nc1cc2c(c(S(=O)(=O)O)c1)Oc1c(Cl)c3c(c(Cl)c1=N2)Oc1c(ccc(N)c1S(=O)(=O)O)N=3. The van der Waals surface area contributed by atoms with Crippen LogP contribution in [0.25, 0.3) is 0 Å². The van der Waals surface area contributed by atoms with E-state index in [0.717, 1.165) is 6.07 Å². The number of nitrogen functional groups attached to an aromatic ring is 2. The number of rotatable bonds is 2. The van der Waals surface area contributed by atoms with Gasteiger partial charge < -0.3 is 20.9 Å². The van der Waals surface area contributed by atoms with E-state index in [1.807, 2.05) is 0 Å². The first-order chi connectivity index (χ1) is 15.8. The van der Waals surface area contributed by atoms with Crippen LogP contribution in [0.15, 0.2) is 44.0 Å². The molecule has 0 radical (unpaired) electrons. The van der Waals surface area contributed by atoms with Gasteiger partial charge in [-0.05, 0) is 24.3 Å². The molecule has 3 aromatic rings. The van der Waals surface area contributed by atoms with Crippen molar-refractivity contribution in [2.45, 2.75) is 9.79 Å². The van der Waals surface area contributed by atoms with Crippen LogP contribution in [-0.2, 0) is 20.2 Å². The minimum atomic E-state index is -4.81. The number of halogens is 2. The third kappa shape index (κ3) is 3.34. The maximum Gasteiger partial charge on any atom is 0.300 e. The van der Waals surface area contributed by atoms with E-state index in [2.05, 4.69) is 9.98 Å². The Labute approximate surface area is 200 Å². The predicted octanol–water partition coefficient (Wildman–Crippen LogP) is 2.77. The van der Waals surface area contributed by atoms with E-state index in [-0.39, 0.29) is 66.5 Å². The molecule has 0 bridgehead atoms. The Kier molecular flexibility index (Phi) is 4.78. The van der Waals surface area contributed by atoms with Crippen LogP contribution < -0.4 is 31.7 Å². The number of hydrogen-bond acceptors (Lipinski definition) is 10. The zero-order valence-corrected chi connectivity index (χ0v) is 19.4. The molecule has 3 aromatic carbocycles. The number of nitrogens with zero attached hydrogens (tertiary/aromatic N) is 2. The summed E-state index contributed by atoms with van der Waals surface area (Å²) in [4.78, 5) is 7.14. The van der Waals surface area contributed by atoms with Crippen molar-refractivity contribution in [2.75, 3.05) is 11.5 Å². The summed E-state index contributed by atoms with van der Waals surface area (Å²) in [5, 5.41) is -0.640. The highest BCUT2D eigenvalue weighted by Crippen LogP contribution is 2.47. The first kappa shape index (κ1) is 22.6. The second-order valence-electron chi connectivity index (χ2n) is 7.06. The Bertz CT molecular complexity index is 1810. The maximum absolute atomic E-state index is 11.9. The lowest BCUT2D eigenvalue weighted by Gasteiger charge is -2.22. The van der Waals surface area contributed by atoms with Crippen molar-refractivity contribution in [1.29, 1.82) is 0 Å². The van der Waals surface area contributed by atoms with E-state index < -0.39 is 30.0 Å². The molecule has 176 valence electrons. The van der Waals surface area contributed by atoms with E-state index >= 15 is 0 Å². The molecule has 0 saturated heterocycles. The Morgan fingerprint density at radius 3 is 1.88 bits per heavy atom. The van der Waals surface area contributed by atoms with Crippen LogP contribution in [0, 0.1) is 0 Å². The van der Waals surface area contributed by atoms with E-state index in [1.54, 1.807) is 0 Å². The highest BCUT2D eigenvalue weighted by atomic mass is 35.5. The molecule has 0 aromatic heterocycles. The molecular formula is C18H10Cl2N4O8S2. The minimum Gasteiger partial charge on any atom is -0.450 e. The van der Waals surface area contributed by atoms with Crippen molar-refractivity contribution in [3.63, 3.8) is 0 Å². The van der Waals surface area contributed by atoms with Crippen molar-refractivity contribution in [1.82, 2.24) is 0 Å². The lowest BCUT2D eigenvalue weighted by atomic mass is 10.2. The third-order valence-corrected chi connectivity index (χ3v) is 7.33. The van der Waals surface area contributed by atoms with E-state index in [9.17, 15) is 25.9 Å². The molecule has 16 heteroatoms. The van der Waals surface area contributed by atoms with Gasteiger partial charge in [-0.15, -0.1) is 0 Å². The van der Waals surface area contributed by atoms with Crippen molar-refractivity contribution in [2.24, 2.45) is 9.98 Å². The Balaban J connectivity index is 1.84. The predicted molar refractivity (Wildman–Crippen MR) is 120 cm³/mol. The zero-order valence-electron chi connectivity index (χ0n) is 16.3. The highest BCUT2D eigenvalue weighted by Gasteiger charge is 2.33. The summed E-state index contributed by atoms with van der Waals surface area (Å²) in [6, 6.07) is 4.77. The molecule has 0 unspecified atom stereocenters. The standard InChI is InChI=1S/C18H10Cl2N4O8S2/c19-10-12-17(32-15-7(23-12)2-1-6(22)18(15)34(28,29)30)11(20)13-16(10)31-14-8(24-13)3-5(21)4-9(14)33(25,26)27/h1-4H,21-22H2,(H,25,26,27)(H,28,29,30). The van der Waals surface area contributed by atoms with Crippen LogP contribution in [0.1, 0.15) is 0 Å². The molecule has 5 rings (SSSR count). The lowest BCUT2D eigenvalue weighted by Crippen LogP contribution is -2.23. The summed E-state index contributed by atoms with van der Waals surface area (Å²) in [5.41, 5.74) is 10.9. The number of ether oxygens (including phenoxy) is 2. The average Bonchev–Trinajstić information content (AvgIpc) is 2.73. The van der Waals surface area contributed by atoms with Crippen LogP contribution >= 0.6 is 23.2 Å². The summed E-state index contributed by atoms with van der Waals surface area (Å²) >= 11 is 12.9. The summed E-state index contributed by atoms with van der Waals surface area (Å²) in [6.07, 6.45) is 0. The molecule has 0 aliphatic carbocycles. The fourth-order valence-electron chi connectivity index (χ4n) is 3.46. The van der Waals surface area contributed by atoms with Crippen molar-refractivity contribution in [3.8, 4) is 23.0 Å². The van der Waals surface area contributed by atoms with E-state index in [1.165, 1.54) is 18.2 Å². The fourth-order valence-corrected chi connectivity index (χ4v) is 5.38. The molecular weight excluding hydrogens is 535 g/mol. The van der Waals surface area contributed by atoms with Crippen LogP contribution in [0.4, 0.5) is 22.7 Å². The van der Waals surface area contributed by atoms with Gasteiger partial charge in [0.2, 0.25) is 0 Å². The van der Waals surface area contributed by atoms with Crippen LogP contribution in [-0.4, -0.2) is 25.9 Å².